The van der Waals surface area contributed by atoms with Crippen molar-refractivity contribution in [1.82, 2.24) is 20.9 Å². The number of benzene rings is 2. The van der Waals surface area contributed by atoms with Crippen molar-refractivity contribution in [2.24, 2.45) is 0 Å². The number of hydrogen-bond donors (Lipinski definition) is 4. The number of anilines is 3. The van der Waals surface area contributed by atoms with Gasteiger partial charge in [-0.25, -0.2) is 0 Å². The van der Waals surface area contributed by atoms with Crippen LogP contribution in [-0.4, -0.2) is 73.8 Å². The summed E-state index contributed by atoms with van der Waals surface area (Å²) in [5.74, 6) is -1.33. The predicted molar refractivity (Wildman–Crippen MR) is 185 cm³/mol. The van der Waals surface area contributed by atoms with Crippen LogP contribution in [0.4, 0.5) is 17.1 Å². The molecule has 2 aromatic rings. The first-order valence-electron chi connectivity index (χ1n) is 16.4. The van der Waals surface area contributed by atoms with Gasteiger partial charge in [0.05, 0.1) is 16.9 Å². The number of nitrogens with zero attached hydrogens (tertiary/aromatic N) is 3. The van der Waals surface area contributed by atoms with Crippen LogP contribution >= 0.6 is 0 Å². The second kappa shape index (κ2) is 15.0. The Bertz CT molecular complexity index is 1590. The predicted octanol–water partition coefficient (Wildman–Crippen LogP) is 3.88. The lowest BCUT2D eigenvalue weighted by Crippen LogP contribution is -2.60. The fourth-order valence-corrected chi connectivity index (χ4v) is 6.15. The van der Waals surface area contributed by atoms with Gasteiger partial charge in [0.1, 0.15) is 11.9 Å². The van der Waals surface area contributed by atoms with Gasteiger partial charge in [-0.3, -0.25) is 29.4 Å². The minimum Gasteiger partial charge on any atom is -0.388 e. The van der Waals surface area contributed by atoms with Crippen LogP contribution in [0.1, 0.15) is 56.3 Å². The van der Waals surface area contributed by atoms with Crippen molar-refractivity contribution in [3.8, 4) is 0 Å². The zero-order valence-corrected chi connectivity index (χ0v) is 27.6. The van der Waals surface area contributed by atoms with Gasteiger partial charge in [0.15, 0.2) is 0 Å². The molecule has 2 saturated heterocycles. The Hall–Kier alpha value is -5.06. The van der Waals surface area contributed by atoms with Gasteiger partial charge in [-0.15, -0.1) is 0 Å². The Labute approximate surface area is 276 Å². The van der Waals surface area contributed by atoms with E-state index >= 15 is 0 Å². The molecular formula is C36H45N7O4. The first kappa shape index (κ1) is 33.3. The quantitative estimate of drug-likeness (QED) is 0.258. The van der Waals surface area contributed by atoms with Crippen molar-refractivity contribution in [2.75, 3.05) is 42.3 Å². The van der Waals surface area contributed by atoms with Gasteiger partial charge in [0.2, 0.25) is 11.8 Å². The molecule has 0 saturated carbocycles. The minimum atomic E-state index is -0.843. The molecule has 11 heteroatoms. The summed E-state index contributed by atoms with van der Waals surface area (Å²) < 4.78 is 0. The number of amides is 4. The van der Waals surface area contributed by atoms with Crippen LogP contribution in [0, 0.1) is 0 Å². The summed E-state index contributed by atoms with van der Waals surface area (Å²) in [6.45, 7) is 5.81. The Balaban J connectivity index is 1.18. The van der Waals surface area contributed by atoms with E-state index in [0.717, 1.165) is 43.0 Å². The molecule has 47 heavy (non-hydrogen) atoms. The highest BCUT2D eigenvalue weighted by atomic mass is 16.2. The zero-order valence-electron chi connectivity index (χ0n) is 27.6. The molecule has 3 aliphatic rings. The fraction of sp³-hybridized carbons (Fsp3) is 0.389. The summed E-state index contributed by atoms with van der Waals surface area (Å²) in [6, 6.07) is 15.4. The van der Waals surface area contributed by atoms with Crippen molar-refractivity contribution < 1.29 is 19.2 Å². The number of nitrogens with one attached hydrogen (secondary N) is 4. The number of hydrogen-bond acceptors (Lipinski definition) is 8. The molecule has 0 spiro atoms. The summed E-state index contributed by atoms with van der Waals surface area (Å²) in [6.07, 6.45) is 10.7. The SMILES string of the molecule is CC/C=C\C1=C(NC(=O)c2cccc(N3CCC(N/C=C\C(C)N(C)c4ccccc4NC)CC3)c2)N(C2CCC(=O)NC2=O)C1=O. The number of rotatable bonds is 12. The molecule has 0 aromatic heterocycles. The smallest absolute Gasteiger partial charge is 0.263 e. The third-order valence-electron chi connectivity index (χ3n) is 9.06. The van der Waals surface area contributed by atoms with Gasteiger partial charge in [0, 0.05) is 56.9 Å². The van der Waals surface area contributed by atoms with Gasteiger partial charge < -0.3 is 25.8 Å². The summed E-state index contributed by atoms with van der Waals surface area (Å²) in [5, 5.41) is 12.0. The Morgan fingerprint density at radius 1 is 1.09 bits per heavy atom. The second-order valence-corrected chi connectivity index (χ2v) is 12.1. The van der Waals surface area contributed by atoms with E-state index in [4.69, 9.17) is 0 Å². The van der Waals surface area contributed by atoms with E-state index in [-0.39, 0.29) is 42.4 Å². The molecule has 248 valence electrons. The Morgan fingerprint density at radius 3 is 2.57 bits per heavy atom. The maximum atomic E-state index is 13.5. The van der Waals surface area contributed by atoms with Gasteiger partial charge in [-0.1, -0.05) is 31.2 Å². The van der Waals surface area contributed by atoms with Crippen LogP contribution < -0.4 is 31.1 Å². The lowest BCUT2D eigenvalue weighted by molar-refractivity contribution is -0.144. The highest BCUT2D eigenvalue weighted by Gasteiger charge is 2.45. The van der Waals surface area contributed by atoms with Crippen LogP contribution in [-0.2, 0) is 14.4 Å². The molecule has 4 amide bonds. The van der Waals surface area contributed by atoms with E-state index in [9.17, 15) is 19.2 Å². The van der Waals surface area contributed by atoms with Gasteiger partial charge in [-0.2, -0.15) is 0 Å². The average Bonchev–Trinajstić information content (AvgIpc) is 3.09. The van der Waals surface area contributed by atoms with Crippen molar-refractivity contribution in [3.05, 3.63) is 89.9 Å². The summed E-state index contributed by atoms with van der Waals surface area (Å²) >= 11 is 0. The van der Waals surface area contributed by atoms with E-state index in [2.05, 4.69) is 69.4 Å². The molecule has 2 unspecified atom stereocenters. The van der Waals surface area contributed by atoms with Crippen LogP contribution in [0.15, 0.2) is 84.4 Å². The van der Waals surface area contributed by atoms with E-state index in [1.54, 1.807) is 12.1 Å². The molecule has 11 nitrogen and oxygen atoms in total. The summed E-state index contributed by atoms with van der Waals surface area (Å²) in [4.78, 5) is 56.5. The van der Waals surface area contributed by atoms with Crippen LogP contribution in [0.3, 0.4) is 0 Å². The van der Waals surface area contributed by atoms with E-state index in [1.807, 2.05) is 50.4 Å². The molecule has 0 bridgehead atoms. The molecule has 2 atom stereocenters. The number of para-hydroxylation sites is 2. The highest BCUT2D eigenvalue weighted by molar-refractivity contribution is 6.10. The van der Waals surface area contributed by atoms with Gasteiger partial charge >= 0.3 is 0 Å². The van der Waals surface area contributed by atoms with Gasteiger partial charge in [-0.05, 0) is 81.3 Å². The molecule has 4 N–H and O–H groups in total. The molecule has 2 fully saturated rings. The lowest BCUT2D eigenvalue weighted by Gasteiger charge is -2.41. The lowest BCUT2D eigenvalue weighted by atomic mass is 9.97. The first-order chi connectivity index (χ1) is 22.7. The molecule has 3 aliphatic heterocycles. The summed E-state index contributed by atoms with van der Waals surface area (Å²) in [5.41, 5.74) is 3.99. The largest absolute Gasteiger partial charge is 0.388 e. The van der Waals surface area contributed by atoms with Crippen LogP contribution in [0.25, 0.3) is 0 Å². The number of piperidine rings is 2. The molecule has 5 rings (SSSR count). The number of likely N-dealkylation sites (N-methyl/N-ethyl adjacent to an activating group) is 1. The van der Waals surface area contributed by atoms with E-state index < -0.39 is 11.9 Å². The molecule has 0 aliphatic carbocycles. The average molecular weight is 640 g/mol. The zero-order chi connectivity index (χ0) is 33.5. The monoisotopic (exact) mass is 639 g/mol. The van der Waals surface area contributed by atoms with E-state index in [0.29, 0.717) is 23.6 Å². The van der Waals surface area contributed by atoms with Crippen molar-refractivity contribution in [3.63, 3.8) is 0 Å². The third-order valence-corrected chi connectivity index (χ3v) is 9.06. The first-order valence-corrected chi connectivity index (χ1v) is 16.4. The molecule has 2 aromatic carbocycles. The number of imide groups is 1. The third kappa shape index (κ3) is 7.51. The Kier molecular flexibility index (Phi) is 10.6. The summed E-state index contributed by atoms with van der Waals surface area (Å²) in [7, 11) is 4.03. The fourth-order valence-electron chi connectivity index (χ4n) is 6.15. The number of carbonyl (C=O) groups excluding carboxylic acids is 4. The standard InChI is InChI=1S/C36H45N7O4/c1-5-6-12-28-33(43(36(28)47)31-15-16-32(44)39-35(31)46)40-34(45)25-10-9-11-27(23-25)42-21-18-26(19-22-42)38-20-17-24(2)41(4)30-14-8-7-13-29(30)37-3/h6-14,17,20,23-24,26,31,37-38H,5,15-16,18-19,21-22H2,1-4H3,(H,40,45)(H,39,44,46)/b12-6-,20-17-. The number of carbonyl (C=O) groups is 4. The second-order valence-electron chi connectivity index (χ2n) is 12.1. The topological polar surface area (TPSA) is 126 Å². The maximum absolute atomic E-state index is 13.5. The van der Waals surface area contributed by atoms with Crippen molar-refractivity contribution in [1.29, 1.82) is 0 Å². The van der Waals surface area contributed by atoms with Crippen LogP contribution in [0.2, 0.25) is 0 Å². The number of allylic oxidation sites excluding steroid dienone is 1. The molecular weight excluding hydrogens is 594 g/mol. The van der Waals surface area contributed by atoms with Crippen molar-refractivity contribution >= 4 is 40.7 Å². The molecule has 3 heterocycles. The Morgan fingerprint density at radius 2 is 1.85 bits per heavy atom. The molecule has 0 radical (unpaired) electrons. The van der Waals surface area contributed by atoms with Gasteiger partial charge in [0.25, 0.3) is 11.8 Å². The van der Waals surface area contributed by atoms with Crippen LogP contribution in [0.5, 0.6) is 0 Å². The van der Waals surface area contributed by atoms with Crippen molar-refractivity contribution in [2.45, 2.75) is 64.1 Å². The normalized spacial score (nSPS) is 19.6. The van der Waals surface area contributed by atoms with E-state index in [1.165, 1.54) is 4.90 Å². The highest BCUT2D eigenvalue weighted by Crippen LogP contribution is 2.31. The maximum Gasteiger partial charge on any atom is 0.263 e. The minimum absolute atomic E-state index is 0.133.